The third kappa shape index (κ3) is 6.95. The van der Waals surface area contributed by atoms with E-state index >= 15 is 0 Å². The molecule has 2 aromatic heterocycles. The number of likely N-dealkylation sites (N-methyl/N-ethyl adjacent to an activating group) is 1. The monoisotopic (exact) mass is 764 g/mol. The Labute approximate surface area is 314 Å². The lowest BCUT2D eigenvalue weighted by molar-refractivity contribution is -0.134. The predicted molar refractivity (Wildman–Crippen MR) is 199 cm³/mol. The summed E-state index contributed by atoms with van der Waals surface area (Å²) < 4.78 is 51.0. The van der Waals surface area contributed by atoms with E-state index in [4.69, 9.17) is 23.7 Å². The molecule has 4 aliphatic rings. The van der Waals surface area contributed by atoms with Crippen LogP contribution in [0.25, 0.3) is 22.3 Å². The van der Waals surface area contributed by atoms with Gasteiger partial charge in [0.05, 0.1) is 42.1 Å². The van der Waals surface area contributed by atoms with E-state index in [0.717, 1.165) is 19.3 Å². The van der Waals surface area contributed by atoms with Gasteiger partial charge in [0, 0.05) is 56.1 Å². The number of hydrogen-bond donors (Lipinski definition) is 2. The topological polar surface area (TPSA) is 182 Å². The Bertz CT molecular complexity index is 2110. The highest BCUT2D eigenvalue weighted by molar-refractivity contribution is 7.91. The molecule has 4 atom stereocenters. The van der Waals surface area contributed by atoms with Gasteiger partial charge in [-0.1, -0.05) is 31.2 Å². The molecule has 2 aliphatic carbocycles. The average molecular weight is 765 g/mol. The van der Waals surface area contributed by atoms with Gasteiger partial charge in [0.1, 0.15) is 46.4 Å². The molecule has 290 valence electrons. The normalized spacial score (nSPS) is 26.0. The Hall–Kier alpha value is -4.86. The number of benzene rings is 1. The quantitative estimate of drug-likeness (QED) is 0.293. The lowest BCUT2D eigenvalue weighted by Gasteiger charge is -2.30. The second kappa shape index (κ2) is 14.1. The Morgan fingerprint density at radius 1 is 1.07 bits per heavy atom. The largest absolute Gasteiger partial charge is 0.497 e. The highest BCUT2D eigenvalue weighted by Crippen LogP contribution is 2.48. The minimum atomic E-state index is -3.96. The Balaban J connectivity index is 1.22. The Morgan fingerprint density at radius 3 is 2.54 bits per heavy atom. The Morgan fingerprint density at radius 2 is 1.85 bits per heavy atom. The number of sulfonamides is 1. The molecule has 0 bridgehead atoms. The minimum Gasteiger partial charge on any atom is -0.497 e. The summed E-state index contributed by atoms with van der Waals surface area (Å²) in [6.45, 7) is 6.10. The average Bonchev–Trinajstić information content (AvgIpc) is 3.91. The van der Waals surface area contributed by atoms with Gasteiger partial charge in [0.15, 0.2) is 0 Å². The number of ether oxygens (including phenoxy) is 3. The molecular formula is C38H48N6O9S. The fraction of sp³-hybridized carbons (Fsp3) is 0.553. The van der Waals surface area contributed by atoms with Crippen LogP contribution in [0.5, 0.6) is 17.2 Å². The molecule has 3 aromatic rings. The van der Waals surface area contributed by atoms with Gasteiger partial charge in [-0.05, 0) is 45.4 Å². The zero-order chi connectivity index (χ0) is 38.6. The first kappa shape index (κ1) is 37.5. The number of urea groups is 1. The van der Waals surface area contributed by atoms with Gasteiger partial charge in [-0.25, -0.2) is 18.2 Å². The van der Waals surface area contributed by atoms with Crippen LogP contribution < -0.4 is 24.2 Å². The summed E-state index contributed by atoms with van der Waals surface area (Å²) >= 11 is 0. The van der Waals surface area contributed by atoms with Crippen molar-refractivity contribution < 1.29 is 41.5 Å². The lowest BCUT2D eigenvalue weighted by atomic mass is 10.1. The van der Waals surface area contributed by atoms with Gasteiger partial charge in [-0.2, -0.15) is 0 Å². The number of nitrogens with one attached hydrogen (secondary N) is 2. The molecule has 15 nitrogen and oxygen atoms in total. The van der Waals surface area contributed by atoms with Crippen LogP contribution >= 0.6 is 0 Å². The van der Waals surface area contributed by atoms with Gasteiger partial charge in [-0.15, -0.1) is 0 Å². The van der Waals surface area contributed by atoms with Gasteiger partial charge in [-0.3, -0.25) is 14.3 Å². The number of hydrogen-bond acceptors (Lipinski definition) is 11. The van der Waals surface area contributed by atoms with Crippen molar-refractivity contribution in [3.63, 3.8) is 0 Å². The SMILES string of the molecule is COc1cc(OC)c2c(O[C@H]3C[C@H]4C(=O)N(C)CCCC/C=C\[C@@H]5C[C@@]5(C(=O)NS(=O)(=O)C5(C)CC5)NC(=O)N4C3)cc(-c3cc(C(C)C)on3)nc2c1. The summed E-state index contributed by atoms with van der Waals surface area (Å²) in [5.74, 6) is 0.708. The number of fused-ring (bicyclic) bond motifs is 3. The molecule has 3 fully saturated rings. The predicted octanol–water partition coefficient (Wildman–Crippen LogP) is 4.52. The maximum absolute atomic E-state index is 14.3. The van der Waals surface area contributed by atoms with Crippen molar-refractivity contribution in [2.45, 2.75) is 94.1 Å². The molecule has 0 radical (unpaired) electrons. The minimum absolute atomic E-state index is 0.00370. The molecule has 0 unspecified atom stereocenters. The van der Waals surface area contributed by atoms with Crippen molar-refractivity contribution in [3.8, 4) is 28.6 Å². The molecular weight excluding hydrogens is 717 g/mol. The first-order valence-electron chi connectivity index (χ1n) is 18.5. The number of carbonyl (C=O) groups excluding carboxylic acids is 3. The molecule has 4 heterocycles. The number of methoxy groups -OCH3 is 2. The summed E-state index contributed by atoms with van der Waals surface area (Å²) in [6, 6.07) is 5.48. The number of allylic oxidation sites excluding steroid dienone is 1. The van der Waals surface area contributed by atoms with Crippen LogP contribution in [-0.2, 0) is 19.6 Å². The lowest BCUT2D eigenvalue weighted by Crippen LogP contribution is -2.58. The van der Waals surface area contributed by atoms with Gasteiger partial charge >= 0.3 is 6.03 Å². The molecule has 0 spiro atoms. The van der Waals surface area contributed by atoms with E-state index in [1.54, 1.807) is 44.2 Å². The van der Waals surface area contributed by atoms with Crippen molar-refractivity contribution in [1.82, 2.24) is 30.0 Å². The van der Waals surface area contributed by atoms with E-state index in [-0.39, 0.29) is 31.2 Å². The summed E-state index contributed by atoms with van der Waals surface area (Å²) in [7, 11) is 0.835. The van der Waals surface area contributed by atoms with Crippen LogP contribution in [0.15, 0.2) is 40.9 Å². The van der Waals surface area contributed by atoms with Crippen LogP contribution in [0, 0.1) is 5.92 Å². The van der Waals surface area contributed by atoms with Gasteiger partial charge in [0.25, 0.3) is 5.91 Å². The standard InChI is InChI=1S/C38H48N6O9S/c1-22(2)30-19-27(41-53-30)26-18-32(33-28(39-26)15-24(50-5)17-31(33)51-6)52-25-16-29-34(45)43(4)14-10-8-7-9-11-23-20-38(23,40-36(47)44(29)21-25)35(46)42-54(48,49)37(3)12-13-37/h9,11,15,17-19,22-23,25,29H,7-8,10,12-14,16,20-21H2,1-6H3,(H,40,47)(H,42,46)/b11-9-/t23-,25+,29+,38-/m1/s1. The second-order valence-electron chi connectivity index (χ2n) is 15.4. The molecule has 7 rings (SSSR count). The molecule has 54 heavy (non-hydrogen) atoms. The fourth-order valence-electron chi connectivity index (χ4n) is 7.24. The van der Waals surface area contributed by atoms with Crippen LogP contribution in [0.3, 0.4) is 0 Å². The van der Waals surface area contributed by atoms with Crippen LogP contribution in [0.1, 0.15) is 77.4 Å². The number of amides is 4. The van der Waals surface area contributed by atoms with Crippen LogP contribution in [0.2, 0.25) is 0 Å². The number of aromatic nitrogens is 2. The molecule has 2 saturated carbocycles. The molecule has 2 aliphatic heterocycles. The smallest absolute Gasteiger partial charge is 0.319 e. The third-order valence-corrected chi connectivity index (χ3v) is 13.3. The molecule has 1 saturated heterocycles. The van der Waals surface area contributed by atoms with Crippen LogP contribution in [-0.4, -0.2) is 103 Å². The van der Waals surface area contributed by atoms with Crippen molar-refractivity contribution in [1.29, 1.82) is 0 Å². The molecule has 4 amide bonds. The Kier molecular flexibility index (Phi) is 9.77. The maximum atomic E-state index is 14.3. The fourth-order valence-corrected chi connectivity index (χ4v) is 8.55. The van der Waals surface area contributed by atoms with E-state index in [1.165, 1.54) is 12.0 Å². The van der Waals surface area contributed by atoms with Crippen molar-refractivity contribution in [2.75, 3.05) is 34.4 Å². The zero-order valence-corrected chi connectivity index (χ0v) is 32.3. The van der Waals surface area contributed by atoms with E-state index in [9.17, 15) is 22.8 Å². The number of nitrogens with zero attached hydrogens (tertiary/aromatic N) is 4. The van der Waals surface area contributed by atoms with Crippen molar-refractivity contribution in [3.05, 3.63) is 42.2 Å². The second-order valence-corrected chi connectivity index (χ2v) is 17.6. The molecule has 1 aromatic carbocycles. The zero-order valence-electron chi connectivity index (χ0n) is 31.5. The van der Waals surface area contributed by atoms with E-state index in [0.29, 0.717) is 64.7 Å². The van der Waals surface area contributed by atoms with E-state index < -0.39 is 50.3 Å². The first-order valence-corrected chi connectivity index (χ1v) is 19.9. The highest BCUT2D eigenvalue weighted by Gasteiger charge is 2.63. The van der Waals surface area contributed by atoms with Gasteiger partial charge < -0.3 is 33.9 Å². The van der Waals surface area contributed by atoms with Gasteiger partial charge in [0.2, 0.25) is 15.9 Å². The molecule has 2 N–H and O–H groups in total. The number of rotatable bonds is 9. The van der Waals surface area contributed by atoms with Crippen LogP contribution in [0.4, 0.5) is 4.79 Å². The van der Waals surface area contributed by atoms with Crippen molar-refractivity contribution >= 4 is 38.8 Å². The highest BCUT2D eigenvalue weighted by atomic mass is 32.2. The summed E-state index contributed by atoms with van der Waals surface area (Å²) in [6.07, 6.45) is 6.74. The first-order chi connectivity index (χ1) is 25.7. The summed E-state index contributed by atoms with van der Waals surface area (Å²) in [4.78, 5) is 50.0. The number of carbonyl (C=O) groups is 3. The third-order valence-electron chi connectivity index (χ3n) is 11.2. The molecule has 16 heteroatoms. The van der Waals surface area contributed by atoms with Crippen molar-refractivity contribution in [2.24, 2.45) is 5.92 Å². The number of pyridine rings is 1. The summed E-state index contributed by atoms with van der Waals surface area (Å²) in [5, 5.41) is 7.70. The maximum Gasteiger partial charge on any atom is 0.319 e. The summed E-state index contributed by atoms with van der Waals surface area (Å²) in [5.41, 5.74) is 0.00331. The van der Waals surface area contributed by atoms with E-state index in [1.807, 2.05) is 32.1 Å². The van der Waals surface area contributed by atoms with E-state index in [2.05, 4.69) is 15.2 Å².